The van der Waals surface area contributed by atoms with Crippen molar-refractivity contribution in [3.63, 3.8) is 0 Å². The third-order valence-corrected chi connectivity index (χ3v) is 5.97. The summed E-state index contributed by atoms with van der Waals surface area (Å²) in [5.41, 5.74) is 3.38. The van der Waals surface area contributed by atoms with Crippen LogP contribution in [0, 0.1) is 57.9 Å². The Kier molecular flexibility index (Phi) is 7.33. The number of hydrogen-bond acceptors (Lipinski definition) is 4. The van der Waals surface area contributed by atoms with Gasteiger partial charge in [0.05, 0.1) is 7.11 Å². The molecule has 4 nitrogen and oxygen atoms in total. The second-order valence-electron chi connectivity index (χ2n) is 8.48. The molecule has 0 amide bonds. The van der Waals surface area contributed by atoms with Crippen LogP contribution in [0.15, 0.2) is 24.3 Å². The fraction of sp³-hybridized carbons (Fsp3) is 0.259. The minimum Gasteiger partial charge on any atom is -0.465 e. The van der Waals surface area contributed by atoms with E-state index in [0.717, 1.165) is 18.2 Å². The van der Waals surface area contributed by atoms with Crippen molar-refractivity contribution in [3.8, 4) is 5.75 Å². The zero-order chi connectivity index (χ0) is 26.2. The lowest BCUT2D eigenvalue weighted by atomic mass is 9.95. The summed E-state index contributed by atoms with van der Waals surface area (Å²) in [6.45, 7) is 9.40. The van der Waals surface area contributed by atoms with Gasteiger partial charge in [-0.15, -0.1) is 0 Å². The smallest absolute Gasteiger partial charge is 0.349 e. The number of esters is 2. The second kappa shape index (κ2) is 9.90. The van der Waals surface area contributed by atoms with E-state index in [9.17, 15) is 27.2 Å². The van der Waals surface area contributed by atoms with E-state index in [4.69, 9.17) is 4.74 Å². The highest BCUT2D eigenvalue weighted by atomic mass is 19.2. The Morgan fingerprint density at radius 3 is 1.43 bits per heavy atom. The van der Waals surface area contributed by atoms with Gasteiger partial charge in [-0.2, -0.15) is 0 Å². The molecular weight excluding hydrogens is 464 g/mol. The molecule has 0 unspecified atom stereocenters. The number of ether oxygens (including phenoxy) is 2. The van der Waals surface area contributed by atoms with E-state index in [1.165, 1.54) is 16.7 Å². The molecule has 0 aliphatic heterocycles. The molecule has 0 atom stereocenters. The van der Waals surface area contributed by atoms with Crippen molar-refractivity contribution in [3.05, 3.63) is 97.6 Å². The molecule has 0 heterocycles. The molecule has 0 saturated carbocycles. The quantitative estimate of drug-likeness (QED) is 0.181. The van der Waals surface area contributed by atoms with Crippen LogP contribution in [0.4, 0.5) is 17.6 Å². The summed E-state index contributed by atoms with van der Waals surface area (Å²) in [5.74, 6) is -11.5. The number of benzene rings is 3. The molecule has 0 bridgehead atoms. The number of aryl methyl sites for hydroxylation is 4. The topological polar surface area (TPSA) is 52.6 Å². The fourth-order valence-corrected chi connectivity index (χ4v) is 4.00. The predicted octanol–water partition coefficient (Wildman–Crippen LogP) is 6.38. The van der Waals surface area contributed by atoms with Crippen molar-refractivity contribution in [2.24, 2.45) is 0 Å². The van der Waals surface area contributed by atoms with Crippen LogP contribution >= 0.6 is 0 Å². The van der Waals surface area contributed by atoms with Crippen molar-refractivity contribution >= 4 is 11.9 Å². The Bertz CT molecular complexity index is 1290. The van der Waals surface area contributed by atoms with E-state index in [1.807, 2.05) is 13.8 Å². The molecule has 0 aliphatic carbocycles. The maximum absolute atomic E-state index is 14.5. The maximum atomic E-state index is 14.5. The SMILES string of the molecule is COC(=O)c1c(F)c(F)c(C(=O)Oc2c(C)cc(Cc3cc(C)c(C)c(C)c3)cc2C)c(F)c1F. The van der Waals surface area contributed by atoms with Gasteiger partial charge in [0, 0.05) is 0 Å². The first-order chi connectivity index (χ1) is 16.4. The zero-order valence-electron chi connectivity index (χ0n) is 20.2. The Morgan fingerprint density at radius 2 is 1.03 bits per heavy atom. The molecule has 0 saturated heterocycles. The van der Waals surface area contributed by atoms with Gasteiger partial charge in [-0.05, 0) is 80.0 Å². The molecule has 35 heavy (non-hydrogen) atoms. The molecule has 184 valence electrons. The summed E-state index contributed by atoms with van der Waals surface area (Å²) in [7, 11) is 0.787. The predicted molar refractivity (Wildman–Crippen MR) is 122 cm³/mol. The van der Waals surface area contributed by atoms with Crippen molar-refractivity contribution in [1.29, 1.82) is 0 Å². The van der Waals surface area contributed by atoms with Crippen LogP contribution in [0.2, 0.25) is 0 Å². The molecule has 8 heteroatoms. The van der Waals surface area contributed by atoms with Gasteiger partial charge in [-0.1, -0.05) is 24.3 Å². The normalized spacial score (nSPS) is 10.9. The number of methoxy groups -OCH3 is 1. The van der Waals surface area contributed by atoms with E-state index >= 15 is 0 Å². The number of carbonyl (C=O) groups excluding carboxylic acids is 2. The minimum absolute atomic E-state index is 0.00618. The summed E-state index contributed by atoms with van der Waals surface area (Å²) >= 11 is 0. The average molecular weight is 488 g/mol. The Morgan fingerprint density at radius 1 is 0.657 bits per heavy atom. The highest BCUT2D eigenvalue weighted by molar-refractivity contribution is 5.95. The van der Waals surface area contributed by atoms with E-state index in [-0.39, 0.29) is 5.75 Å². The van der Waals surface area contributed by atoms with E-state index < -0.39 is 46.3 Å². The standard InChI is InChI=1S/C27H24F4O4/c1-12-7-17(8-13(2)16(12)5)11-18-9-14(3)25(15(4)10-18)35-27(33)20-23(30)21(28)19(26(32)34-6)22(29)24(20)31/h7-10H,11H2,1-6H3. The Balaban J connectivity index is 1.94. The molecule has 3 rings (SSSR count). The fourth-order valence-electron chi connectivity index (χ4n) is 4.00. The van der Waals surface area contributed by atoms with Gasteiger partial charge in [-0.25, -0.2) is 27.2 Å². The summed E-state index contributed by atoms with van der Waals surface area (Å²) in [6, 6.07) is 7.70. The van der Waals surface area contributed by atoms with Crippen LogP contribution in [0.3, 0.4) is 0 Å². The number of hydrogen-bond donors (Lipinski definition) is 0. The number of carbonyl (C=O) groups is 2. The van der Waals surface area contributed by atoms with Crippen molar-refractivity contribution < 1.29 is 36.6 Å². The maximum Gasteiger partial charge on any atom is 0.349 e. The van der Waals surface area contributed by atoms with Crippen LogP contribution in [-0.2, 0) is 11.2 Å². The molecule has 3 aromatic carbocycles. The van der Waals surface area contributed by atoms with Crippen molar-refractivity contribution in [1.82, 2.24) is 0 Å². The van der Waals surface area contributed by atoms with Crippen LogP contribution in [0.25, 0.3) is 0 Å². The highest BCUT2D eigenvalue weighted by Gasteiger charge is 2.34. The van der Waals surface area contributed by atoms with Gasteiger partial charge < -0.3 is 9.47 Å². The molecule has 3 aromatic rings. The molecular formula is C27H24F4O4. The lowest BCUT2D eigenvalue weighted by molar-refractivity contribution is 0.0583. The first kappa shape index (κ1) is 25.9. The second-order valence-corrected chi connectivity index (χ2v) is 8.48. The third kappa shape index (κ3) is 4.92. The van der Waals surface area contributed by atoms with Crippen molar-refractivity contribution in [2.75, 3.05) is 7.11 Å². The lowest BCUT2D eigenvalue weighted by Crippen LogP contribution is -2.20. The van der Waals surface area contributed by atoms with E-state index in [1.54, 1.807) is 26.0 Å². The van der Waals surface area contributed by atoms with E-state index in [2.05, 4.69) is 23.8 Å². The van der Waals surface area contributed by atoms with Crippen LogP contribution in [0.1, 0.15) is 59.7 Å². The molecule has 0 radical (unpaired) electrons. The first-order valence-electron chi connectivity index (χ1n) is 10.7. The van der Waals surface area contributed by atoms with Crippen LogP contribution in [0.5, 0.6) is 5.75 Å². The number of halogens is 4. The van der Waals surface area contributed by atoms with Gasteiger partial charge in [-0.3, -0.25) is 0 Å². The summed E-state index contributed by atoms with van der Waals surface area (Å²) in [4.78, 5) is 24.0. The van der Waals surface area contributed by atoms with E-state index in [0.29, 0.717) is 17.5 Å². The van der Waals surface area contributed by atoms with Gasteiger partial charge in [0.25, 0.3) is 0 Å². The molecule has 0 spiro atoms. The third-order valence-electron chi connectivity index (χ3n) is 5.97. The van der Waals surface area contributed by atoms with Crippen molar-refractivity contribution in [2.45, 2.75) is 41.0 Å². The van der Waals surface area contributed by atoms with Crippen LogP contribution in [-0.4, -0.2) is 19.0 Å². The van der Waals surface area contributed by atoms with Gasteiger partial charge in [0.15, 0.2) is 23.3 Å². The Labute approximate surface area is 200 Å². The Hall–Kier alpha value is -3.68. The largest absolute Gasteiger partial charge is 0.465 e. The van der Waals surface area contributed by atoms with Crippen LogP contribution < -0.4 is 4.74 Å². The number of rotatable bonds is 5. The molecule has 0 fully saturated rings. The average Bonchev–Trinajstić information content (AvgIpc) is 2.78. The highest BCUT2D eigenvalue weighted by Crippen LogP contribution is 2.30. The summed E-state index contributed by atoms with van der Waals surface area (Å²) in [5, 5.41) is 0. The minimum atomic E-state index is -2.05. The summed E-state index contributed by atoms with van der Waals surface area (Å²) in [6.07, 6.45) is 0.604. The molecule has 0 N–H and O–H groups in total. The van der Waals surface area contributed by atoms with Gasteiger partial charge in [0.2, 0.25) is 0 Å². The first-order valence-corrected chi connectivity index (χ1v) is 10.7. The molecule has 0 aliphatic rings. The van der Waals surface area contributed by atoms with Gasteiger partial charge in [0.1, 0.15) is 16.9 Å². The lowest BCUT2D eigenvalue weighted by Gasteiger charge is -2.15. The zero-order valence-corrected chi connectivity index (χ0v) is 20.2. The molecule has 0 aromatic heterocycles. The summed E-state index contributed by atoms with van der Waals surface area (Å²) < 4.78 is 66.7. The monoisotopic (exact) mass is 488 g/mol. The van der Waals surface area contributed by atoms with Gasteiger partial charge >= 0.3 is 11.9 Å².